The third-order valence-electron chi connectivity index (χ3n) is 5.85. The molecule has 1 aliphatic heterocycles. The average molecular weight is 438 g/mol. The molecule has 2 amide bonds. The number of carbonyl (C=O) groups is 2. The number of nitrogens with one attached hydrogen (secondary N) is 2. The molecule has 0 radical (unpaired) electrons. The van der Waals surface area contributed by atoms with Crippen molar-refractivity contribution in [1.82, 2.24) is 10.6 Å². The molecule has 1 aliphatic rings. The summed E-state index contributed by atoms with van der Waals surface area (Å²) >= 11 is 0. The van der Waals surface area contributed by atoms with Crippen LogP contribution in [-0.4, -0.2) is 44.2 Å². The van der Waals surface area contributed by atoms with Crippen molar-refractivity contribution in [2.75, 3.05) is 31.2 Å². The molecule has 1 saturated heterocycles. The van der Waals surface area contributed by atoms with Crippen molar-refractivity contribution in [2.24, 2.45) is 5.92 Å². The summed E-state index contributed by atoms with van der Waals surface area (Å²) in [5.74, 6) is -0.108. The van der Waals surface area contributed by atoms with Gasteiger partial charge in [0.15, 0.2) is 0 Å². The quantitative estimate of drug-likeness (QED) is 0.658. The first-order valence-electron chi connectivity index (χ1n) is 11.4. The van der Waals surface area contributed by atoms with Crippen LogP contribution in [0.2, 0.25) is 0 Å². The number of hydrogen-bond acceptors (Lipinski definition) is 4. The second-order valence-corrected chi connectivity index (χ2v) is 8.89. The number of rotatable bonds is 8. The fraction of sp³-hybridized carbons (Fsp3) is 0.462. The highest BCUT2D eigenvalue weighted by molar-refractivity contribution is 5.98. The predicted octanol–water partition coefficient (Wildman–Crippen LogP) is 3.85. The Morgan fingerprint density at radius 2 is 1.62 bits per heavy atom. The highest BCUT2D eigenvalue weighted by atomic mass is 16.5. The topological polar surface area (TPSA) is 70.7 Å². The molecular formula is C26H35N3O3. The van der Waals surface area contributed by atoms with Crippen LogP contribution in [-0.2, 0) is 9.53 Å². The second-order valence-electron chi connectivity index (χ2n) is 8.89. The van der Waals surface area contributed by atoms with Crippen molar-refractivity contribution in [3.05, 3.63) is 65.2 Å². The van der Waals surface area contributed by atoms with Crippen LogP contribution in [0.5, 0.6) is 0 Å². The van der Waals surface area contributed by atoms with Gasteiger partial charge in [-0.25, -0.2) is 0 Å². The standard InChI is InChI=1S/C26H35N3O3/c1-18(2)17-24(28-25(30)23-8-6-5-7-19(23)3)26(31)27-20(4)21-9-11-22(12-10-21)29-13-15-32-16-14-29/h5-12,18,20,24H,13-17H2,1-4H3,(H,27,31)(H,28,30)/t20-,24+/m1/s1. The summed E-state index contributed by atoms with van der Waals surface area (Å²) in [5, 5.41) is 6.03. The summed E-state index contributed by atoms with van der Waals surface area (Å²) in [6.07, 6.45) is 0.576. The third kappa shape index (κ3) is 6.33. The highest BCUT2D eigenvalue weighted by Gasteiger charge is 2.24. The number of ether oxygens (including phenoxy) is 1. The summed E-state index contributed by atoms with van der Waals surface area (Å²) in [4.78, 5) is 28.2. The Labute approximate surface area is 191 Å². The molecule has 0 bridgehead atoms. The van der Waals surface area contributed by atoms with Crippen LogP contribution in [0.4, 0.5) is 5.69 Å². The largest absolute Gasteiger partial charge is 0.378 e. The first-order valence-corrected chi connectivity index (χ1v) is 11.4. The van der Waals surface area contributed by atoms with E-state index in [0.29, 0.717) is 12.0 Å². The third-order valence-corrected chi connectivity index (χ3v) is 5.85. The molecule has 0 saturated carbocycles. The number of amides is 2. The Bertz CT molecular complexity index is 905. The molecule has 0 aliphatic carbocycles. The first-order chi connectivity index (χ1) is 15.3. The van der Waals surface area contributed by atoms with E-state index >= 15 is 0 Å². The van der Waals surface area contributed by atoms with Gasteiger partial charge < -0.3 is 20.3 Å². The first kappa shape index (κ1) is 23.8. The van der Waals surface area contributed by atoms with Crippen molar-refractivity contribution in [3.63, 3.8) is 0 Å². The molecule has 0 spiro atoms. The Morgan fingerprint density at radius 3 is 2.25 bits per heavy atom. The molecule has 0 unspecified atom stereocenters. The van der Waals surface area contributed by atoms with Crippen molar-refractivity contribution in [2.45, 2.75) is 46.2 Å². The minimum absolute atomic E-state index is 0.161. The number of carbonyl (C=O) groups excluding carboxylic acids is 2. The summed E-state index contributed by atoms with van der Waals surface area (Å²) in [6.45, 7) is 11.2. The summed E-state index contributed by atoms with van der Waals surface area (Å²) in [6, 6.07) is 15.0. The van der Waals surface area contributed by atoms with Crippen LogP contribution >= 0.6 is 0 Å². The second kappa shape index (κ2) is 11.1. The van der Waals surface area contributed by atoms with Gasteiger partial charge in [-0.1, -0.05) is 44.2 Å². The molecule has 2 aromatic rings. The fourth-order valence-electron chi connectivity index (χ4n) is 3.96. The molecule has 2 aromatic carbocycles. The molecule has 1 heterocycles. The zero-order valence-electron chi connectivity index (χ0n) is 19.6. The Balaban J connectivity index is 1.64. The van der Waals surface area contributed by atoms with E-state index in [1.54, 1.807) is 6.07 Å². The van der Waals surface area contributed by atoms with E-state index in [1.165, 1.54) is 5.69 Å². The van der Waals surface area contributed by atoms with E-state index in [9.17, 15) is 9.59 Å². The normalized spacial score (nSPS) is 15.8. The molecule has 2 atom stereocenters. The summed E-state index contributed by atoms with van der Waals surface area (Å²) in [7, 11) is 0. The van der Waals surface area contributed by atoms with E-state index in [2.05, 4.69) is 39.8 Å². The molecule has 1 fully saturated rings. The molecule has 2 N–H and O–H groups in total. The smallest absolute Gasteiger partial charge is 0.252 e. The number of nitrogens with zero attached hydrogens (tertiary/aromatic N) is 1. The number of morpholine rings is 1. The minimum atomic E-state index is -0.586. The van der Waals surface area contributed by atoms with Gasteiger partial charge in [0.2, 0.25) is 5.91 Å². The van der Waals surface area contributed by atoms with Gasteiger partial charge in [-0.2, -0.15) is 0 Å². The molecule has 6 nitrogen and oxygen atoms in total. The summed E-state index contributed by atoms with van der Waals surface area (Å²) in [5.41, 5.74) is 3.69. The van der Waals surface area contributed by atoms with Gasteiger partial charge in [0.1, 0.15) is 6.04 Å². The number of anilines is 1. The van der Waals surface area contributed by atoms with E-state index < -0.39 is 6.04 Å². The molecule has 32 heavy (non-hydrogen) atoms. The van der Waals surface area contributed by atoms with Gasteiger partial charge in [0.25, 0.3) is 5.91 Å². The minimum Gasteiger partial charge on any atom is -0.378 e. The molecule has 0 aromatic heterocycles. The Kier molecular flexibility index (Phi) is 8.28. The average Bonchev–Trinajstić information content (AvgIpc) is 2.79. The van der Waals surface area contributed by atoms with Gasteiger partial charge in [-0.3, -0.25) is 9.59 Å². The maximum absolute atomic E-state index is 13.1. The maximum Gasteiger partial charge on any atom is 0.252 e. The maximum atomic E-state index is 13.1. The lowest BCUT2D eigenvalue weighted by Crippen LogP contribution is -2.48. The van der Waals surface area contributed by atoms with Gasteiger partial charge in [0, 0.05) is 24.3 Å². The van der Waals surface area contributed by atoms with Crippen LogP contribution in [0.25, 0.3) is 0 Å². The number of aryl methyl sites for hydroxylation is 1. The van der Waals surface area contributed by atoms with Crippen LogP contribution in [0, 0.1) is 12.8 Å². The molecule has 6 heteroatoms. The van der Waals surface area contributed by atoms with E-state index in [0.717, 1.165) is 37.4 Å². The monoisotopic (exact) mass is 437 g/mol. The van der Waals surface area contributed by atoms with E-state index in [-0.39, 0.29) is 23.8 Å². The van der Waals surface area contributed by atoms with Crippen LogP contribution in [0.1, 0.15) is 54.7 Å². The number of hydrogen-bond donors (Lipinski definition) is 2. The van der Waals surface area contributed by atoms with Crippen LogP contribution < -0.4 is 15.5 Å². The Morgan fingerprint density at radius 1 is 0.969 bits per heavy atom. The highest BCUT2D eigenvalue weighted by Crippen LogP contribution is 2.20. The van der Waals surface area contributed by atoms with Crippen molar-refractivity contribution < 1.29 is 14.3 Å². The Hall–Kier alpha value is -2.86. The van der Waals surface area contributed by atoms with Crippen molar-refractivity contribution in [3.8, 4) is 0 Å². The van der Waals surface area contributed by atoms with Crippen LogP contribution in [0.3, 0.4) is 0 Å². The van der Waals surface area contributed by atoms with Crippen molar-refractivity contribution in [1.29, 1.82) is 0 Å². The van der Waals surface area contributed by atoms with Crippen molar-refractivity contribution >= 4 is 17.5 Å². The van der Waals surface area contributed by atoms with Gasteiger partial charge in [0.05, 0.1) is 19.3 Å². The zero-order chi connectivity index (χ0) is 23.1. The lowest BCUT2D eigenvalue weighted by Gasteiger charge is -2.29. The van der Waals surface area contributed by atoms with E-state index in [4.69, 9.17) is 4.74 Å². The van der Waals surface area contributed by atoms with Gasteiger partial charge in [-0.05, 0) is 55.5 Å². The van der Waals surface area contributed by atoms with Crippen LogP contribution in [0.15, 0.2) is 48.5 Å². The fourth-order valence-corrected chi connectivity index (χ4v) is 3.96. The lowest BCUT2D eigenvalue weighted by molar-refractivity contribution is -0.124. The van der Waals surface area contributed by atoms with E-state index in [1.807, 2.05) is 45.9 Å². The molecule has 172 valence electrons. The van der Waals surface area contributed by atoms with Gasteiger partial charge in [-0.15, -0.1) is 0 Å². The number of benzene rings is 2. The lowest BCUT2D eigenvalue weighted by atomic mass is 10.0. The van der Waals surface area contributed by atoms with Gasteiger partial charge >= 0.3 is 0 Å². The molecule has 3 rings (SSSR count). The summed E-state index contributed by atoms with van der Waals surface area (Å²) < 4.78 is 5.42. The SMILES string of the molecule is Cc1ccccc1C(=O)N[C@@H](CC(C)C)C(=O)N[C@H](C)c1ccc(N2CCOCC2)cc1. The zero-order valence-corrected chi connectivity index (χ0v) is 19.6. The molecular weight excluding hydrogens is 402 g/mol. The predicted molar refractivity (Wildman–Crippen MR) is 128 cm³/mol.